The van der Waals surface area contributed by atoms with Gasteiger partial charge >= 0.3 is 0 Å². The highest BCUT2D eigenvalue weighted by Crippen LogP contribution is 2.30. The van der Waals surface area contributed by atoms with Crippen LogP contribution in [0, 0.1) is 11.3 Å². The highest BCUT2D eigenvalue weighted by molar-refractivity contribution is 4.77. The van der Waals surface area contributed by atoms with Crippen molar-refractivity contribution in [3.63, 3.8) is 0 Å². The van der Waals surface area contributed by atoms with E-state index >= 15 is 0 Å². The van der Waals surface area contributed by atoms with E-state index in [2.05, 4.69) is 46.5 Å². The van der Waals surface area contributed by atoms with Crippen LogP contribution in [0.25, 0.3) is 0 Å². The Morgan fingerprint density at radius 3 is 2.37 bits per heavy atom. The number of allylic oxidation sites excluding steroid dienone is 1. The number of hydrogen-bond donors (Lipinski definition) is 1. The summed E-state index contributed by atoms with van der Waals surface area (Å²) in [6.07, 6.45) is 11.1. The molecule has 0 aliphatic heterocycles. The fourth-order valence-corrected chi connectivity index (χ4v) is 2.29. The van der Waals surface area contributed by atoms with E-state index < -0.39 is 0 Å². The quantitative estimate of drug-likeness (QED) is 0.381. The topological polar surface area (TPSA) is 12.0 Å². The van der Waals surface area contributed by atoms with Crippen molar-refractivity contribution < 1.29 is 0 Å². The molecular weight excluding hydrogens is 230 g/mol. The predicted octanol–water partition coefficient (Wildman–Crippen LogP) is 5.56. The van der Waals surface area contributed by atoms with Gasteiger partial charge in [0, 0.05) is 6.04 Å². The summed E-state index contributed by atoms with van der Waals surface area (Å²) in [6.45, 7) is 16.7. The monoisotopic (exact) mass is 267 g/mol. The summed E-state index contributed by atoms with van der Waals surface area (Å²) in [5.41, 5.74) is 0.426. The zero-order valence-electron chi connectivity index (χ0n) is 14.1. The minimum Gasteiger partial charge on any atom is -0.314 e. The fraction of sp³-hybridized carbons (Fsp3) is 0.889. The Labute approximate surface area is 122 Å². The molecule has 0 aromatic rings. The van der Waals surface area contributed by atoms with Crippen LogP contribution >= 0.6 is 0 Å². The van der Waals surface area contributed by atoms with Crippen LogP contribution in [0.2, 0.25) is 0 Å². The van der Waals surface area contributed by atoms with Gasteiger partial charge in [-0.2, -0.15) is 0 Å². The van der Waals surface area contributed by atoms with Crippen molar-refractivity contribution in [2.24, 2.45) is 11.3 Å². The maximum Gasteiger partial charge on any atom is 0.00697 e. The number of rotatable bonds is 11. The van der Waals surface area contributed by atoms with Gasteiger partial charge in [-0.15, -0.1) is 6.58 Å². The number of hydrogen-bond acceptors (Lipinski definition) is 1. The van der Waals surface area contributed by atoms with Crippen LogP contribution in [0.5, 0.6) is 0 Å². The third kappa shape index (κ3) is 10.2. The molecule has 1 nitrogen and oxygen atoms in total. The molecule has 0 rings (SSSR count). The van der Waals surface area contributed by atoms with Gasteiger partial charge in [0.05, 0.1) is 0 Å². The summed E-state index contributed by atoms with van der Waals surface area (Å²) in [4.78, 5) is 0. The molecule has 0 amide bonds. The molecule has 0 aliphatic rings. The van der Waals surface area contributed by atoms with Crippen molar-refractivity contribution in [2.45, 2.75) is 85.6 Å². The maximum atomic E-state index is 3.79. The average molecular weight is 268 g/mol. The standard InChI is InChI=1S/C18H37N/c1-7-9-10-11-12-13-17(19-14-8-2)15-16(3)18(4,5)6/h7,16-17,19H,1,8-15H2,2-6H3. The molecule has 0 saturated heterocycles. The minimum absolute atomic E-state index is 0.426. The molecule has 0 spiro atoms. The Balaban J connectivity index is 4.04. The second-order valence-electron chi connectivity index (χ2n) is 7.08. The molecule has 19 heavy (non-hydrogen) atoms. The smallest absolute Gasteiger partial charge is 0.00697 e. The van der Waals surface area contributed by atoms with E-state index in [4.69, 9.17) is 0 Å². The lowest BCUT2D eigenvalue weighted by molar-refractivity contribution is 0.217. The van der Waals surface area contributed by atoms with Crippen molar-refractivity contribution in [1.29, 1.82) is 0 Å². The third-order valence-corrected chi connectivity index (χ3v) is 4.26. The van der Waals surface area contributed by atoms with Crippen LogP contribution in [-0.4, -0.2) is 12.6 Å². The van der Waals surface area contributed by atoms with Crippen molar-refractivity contribution in [3.05, 3.63) is 12.7 Å². The first-order valence-corrected chi connectivity index (χ1v) is 8.26. The Morgan fingerprint density at radius 1 is 1.16 bits per heavy atom. The van der Waals surface area contributed by atoms with Crippen molar-refractivity contribution in [3.8, 4) is 0 Å². The van der Waals surface area contributed by atoms with Gasteiger partial charge in [-0.05, 0) is 50.0 Å². The summed E-state index contributed by atoms with van der Waals surface area (Å²) >= 11 is 0. The number of unbranched alkanes of at least 4 members (excludes halogenated alkanes) is 3. The van der Waals surface area contributed by atoms with E-state index in [9.17, 15) is 0 Å². The zero-order valence-corrected chi connectivity index (χ0v) is 14.1. The van der Waals surface area contributed by atoms with Crippen molar-refractivity contribution in [2.75, 3.05) is 6.54 Å². The molecule has 2 unspecified atom stereocenters. The summed E-state index contributed by atoms with van der Waals surface area (Å²) < 4.78 is 0. The molecule has 1 heteroatoms. The molecule has 1 N–H and O–H groups in total. The molecule has 0 bridgehead atoms. The lowest BCUT2D eigenvalue weighted by Gasteiger charge is -2.31. The molecule has 2 atom stereocenters. The minimum atomic E-state index is 0.426. The first kappa shape index (κ1) is 18.7. The molecule has 0 aromatic heterocycles. The first-order chi connectivity index (χ1) is 8.91. The fourth-order valence-electron chi connectivity index (χ4n) is 2.29. The Bertz CT molecular complexity index is 214. The Kier molecular flexibility index (Phi) is 10.3. The van der Waals surface area contributed by atoms with E-state index in [1.54, 1.807) is 0 Å². The van der Waals surface area contributed by atoms with Gasteiger partial charge in [0.2, 0.25) is 0 Å². The van der Waals surface area contributed by atoms with Crippen LogP contribution < -0.4 is 5.32 Å². The molecule has 0 fully saturated rings. The van der Waals surface area contributed by atoms with Gasteiger partial charge in [0.1, 0.15) is 0 Å². The van der Waals surface area contributed by atoms with E-state index in [-0.39, 0.29) is 0 Å². The lowest BCUT2D eigenvalue weighted by Crippen LogP contribution is -2.34. The summed E-state index contributed by atoms with van der Waals surface area (Å²) in [6, 6.07) is 0.706. The lowest BCUT2D eigenvalue weighted by atomic mass is 9.78. The normalized spacial score (nSPS) is 15.2. The van der Waals surface area contributed by atoms with Gasteiger partial charge in [-0.3, -0.25) is 0 Å². The summed E-state index contributed by atoms with van der Waals surface area (Å²) in [5.74, 6) is 0.773. The van der Waals surface area contributed by atoms with Crippen molar-refractivity contribution >= 4 is 0 Å². The third-order valence-electron chi connectivity index (χ3n) is 4.26. The van der Waals surface area contributed by atoms with Crippen LogP contribution in [0.15, 0.2) is 12.7 Å². The molecule has 0 heterocycles. The second-order valence-corrected chi connectivity index (χ2v) is 7.08. The maximum absolute atomic E-state index is 3.79. The van der Waals surface area contributed by atoms with Gasteiger partial charge in [-0.25, -0.2) is 0 Å². The number of nitrogens with one attached hydrogen (secondary N) is 1. The zero-order chi connectivity index (χ0) is 14.7. The molecular formula is C18H37N. The van der Waals surface area contributed by atoms with E-state index in [0.717, 1.165) is 12.5 Å². The molecule has 0 aliphatic carbocycles. The summed E-state index contributed by atoms with van der Waals surface area (Å²) in [5, 5.41) is 3.74. The molecule has 0 aromatic carbocycles. The van der Waals surface area contributed by atoms with Gasteiger partial charge < -0.3 is 5.32 Å². The van der Waals surface area contributed by atoms with Crippen LogP contribution in [-0.2, 0) is 0 Å². The first-order valence-electron chi connectivity index (χ1n) is 8.26. The second kappa shape index (κ2) is 10.5. The molecule has 0 radical (unpaired) electrons. The van der Waals surface area contributed by atoms with Gasteiger partial charge in [-0.1, -0.05) is 53.5 Å². The molecule has 114 valence electrons. The largest absolute Gasteiger partial charge is 0.314 e. The SMILES string of the molecule is C=CCCCCCC(CC(C)C(C)(C)C)NCCC. The van der Waals surface area contributed by atoms with Gasteiger partial charge in [0.25, 0.3) is 0 Å². The van der Waals surface area contributed by atoms with E-state index in [1.807, 2.05) is 6.08 Å². The predicted molar refractivity (Wildman–Crippen MR) is 88.6 cm³/mol. The van der Waals surface area contributed by atoms with Crippen LogP contribution in [0.1, 0.15) is 79.6 Å². The highest BCUT2D eigenvalue weighted by atomic mass is 14.9. The molecule has 0 saturated carbocycles. The average Bonchev–Trinajstić information content (AvgIpc) is 2.34. The van der Waals surface area contributed by atoms with Crippen molar-refractivity contribution in [1.82, 2.24) is 5.32 Å². The van der Waals surface area contributed by atoms with E-state index in [0.29, 0.717) is 11.5 Å². The van der Waals surface area contributed by atoms with E-state index in [1.165, 1.54) is 44.9 Å². The van der Waals surface area contributed by atoms with Crippen LogP contribution in [0.4, 0.5) is 0 Å². The highest BCUT2D eigenvalue weighted by Gasteiger charge is 2.23. The van der Waals surface area contributed by atoms with Crippen LogP contribution in [0.3, 0.4) is 0 Å². The summed E-state index contributed by atoms with van der Waals surface area (Å²) in [7, 11) is 0. The van der Waals surface area contributed by atoms with Gasteiger partial charge in [0.15, 0.2) is 0 Å². The Morgan fingerprint density at radius 2 is 1.84 bits per heavy atom. The Hall–Kier alpha value is -0.300.